The summed E-state index contributed by atoms with van der Waals surface area (Å²) in [6, 6.07) is 9.76. The first-order chi connectivity index (χ1) is 10.0. The number of Topliss-reactive ketones (excluding diaryl/α,β-unsaturated/α-hetero) is 1. The van der Waals surface area contributed by atoms with Crippen molar-refractivity contribution in [2.24, 2.45) is 0 Å². The van der Waals surface area contributed by atoms with E-state index in [9.17, 15) is 19.3 Å². The Morgan fingerprint density at radius 3 is 2.71 bits per heavy atom. The molecule has 0 atom stereocenters. The van der Waals surface area contributed by atoms with Crippen molar-refractivity contribution < 1.29 is 18.8 Å². The van der Waals surface area contributed by atoms with Crippen molar-refractivity contribution in [1.82, 2.24) is 0 Å². The molecule has 21 heavy (non-hydrogen) atoms. The molecular formula is C15H12FNO4. The highest BCUT2D eigenvalue weighted by Crippen LogP contribution is 2.22. The normalized spacial score (nSPS) is 10.2. The monoisotopic (exact) mass is 289 g/mol. The Balaban J connectivity index is 2.30. The Morgan fingerprint density at radius 1 is 1.29 bits per heavy atom. The van der Waals surface area contributed by atoms with E-state index in [2.05, 4.69) is 0 Å². The van der Waals surface area contributed by atoms with E-state index in [1.807, 2.05) is 0 Å². The Kier molecular flexibility index (Phi) is 4.27. The Labute approximate surface area is 120 Å². The fourth-order valence-corrected chi connectivity index (χ4v) is 1.95. The molecule has 2 aromatic carbocycles. The van der Waals surface area contributed by atoms with Gasteiger partial charge in [-0.15, -0.1) is 0 Å². The lowest BCUT2D eigenvalue weighted by Gasteiger charge is -2.05. The first-order valence-corrected chi connectivity index (χ1v) is 6.11. The molecule has 108 valence electrons. The van der Waals surface area contributed by atoms with Crippen LogP contribution in [0.5, 0.6) is 5.75 Å². The van der Waals surface area contributed by atoms with E-state index in [0.29, 0.717) is 11.3 Å². The highest BCUT2D eigenvalue weighted by molar-refractivity contribution is 6.01. The minimum Gasteiger partial charge on any atom is -0.497 e. The lowest BCUT2D eigenvalue weighted by molar-refractivity contribution is -0.385. The summed E-state index contributed by atoms with van der Waals surface area (Å²) in [4.78, 5) is 22.3. The second-order valence-electron chi connectivity index (χ2n) is 4.37. The Morgan fingerprint density at radius 2 is 2.05 bits per heavy atom. The van der Waals surface area contributed by atoms with Crippen LogP contribution in [-0.2, 0) is 6.42 Å². The largest absolute Gasteiger partial charge is 0.497 e. The van der Waals surface area contributed by atoms with E-state index < -0.39 is 22.2 Å². The van der Waals surface area contributed by atoms with Gasteiger partial charge in [-0.3, -0.25) is 14.9 Å². The van der Waals surface area contributed by atoms with Crippen LogP contribution < -0.4 is 4.74 Å². The standard InChI is InChI=1S/C15H12FNO4/c1-21-12-4-2-3-10(7-12)8-15(18)13-6-5-11(16)9-14(13)17(19)20/h2-7,9H,8H2,1H3. The zero-order valence-electron chi connectivity index (χ0n) is 11.2. The zero-order valence-corrected chi connectivity index (χ0v) is 11.2. The number of ether oxygens (including phenoxy) is 1. The summed E-state index contributed by atoms with van der Waals surface area (Å²) in [7, 11) is 1.51. The molecular weight excluding hydrogens is 277 g/mol. The highest BCUT2D eigenvalue weighted by Gasteiger charge is 2.21. The van der Waals surface area contributed by atoms with Crippen LogP contribution in [0.4, 0.5) is 10.1 Å². The average Bonchev–Trinajstić information content (AvgIpc) is 2.47. The molecule has 0 aliphatic carbocycles. The van der Waals surface area contributed by atoms with E-state index in [-0.39, 0.29) is 12.0 Å². The van der Waals surface area contributed by atoms with E-state index in [0.717, 1.165) is 18.2 Å². The van der Waals surface area contributed by atoms with Gasteiger partial charge >= 0.3 is 0 Å². The van der Waals surface area contributed by atoms with Gasteiger partial charge in [0.1, 0.15) is 11.6 Å². The Hall–Kier alpha value is -2.76. The highest BCUT2D eigenvalue weighted by atomic mass is 19.1. The van der Waals surface area contributed by atoms with Crippen LogP contribution >= 0.6 is 0 Å². The number of benzene rings is 2. The van der Waals surface area contributed by atoms with E-state index >= 15 is 0 Å². The van der Waals surface area contributed by atoms with Crippen LogP contribution in [0.3, 0.4) is 0 Å². The number of halogens is 1. The van der Waals surface area contributed by atoms with Gasteiger partial charge in [-0.2, -0.15) is 0 Å². The third kappa shape index (κ3) is 3.42. The fourth-order valence-electron chi connectivity index (χ4n) is 1.95. The molecule has 0 heterocycles. The second-order valence-corrected chi connectivity index (χ2v) is 4.37. The quantitative estimate of drug-likeness (QED) is 0.481. The second kappa shape index (κ2) is 6.13. The van der Waals surface area contributed by atoms with Gasteiger partial charge in [-0.25, -0.2) is 4.39 Å². The molecule has 0 saturated heterocycles. The predicted molar refractivity (Wildman–Crippen MR) is 74.1 cm³/mol. The summed E-state index contributed by atoms with van der Waals surface area (Å²) in [5.74, 6) is -0.608. The molecule has 0 saturated carbocycles. The van der Waals surface area contributed by atoms with Gasteiger partial charge in [0.15, 0.2) is 5.78 Å². The number of nitro groups is 1. The zero-order chi connectivity index (χ0) is 15.4. The van der Waals surface area contributed by atoms with E-state index in [1.165, 1.54) is 7.11 Å². The van der Waals surface area contributed by atoms with Crippen LogP contribution in [0.15, 0.2) is 42.5 Å². The number of carbonyl (C=O) groups excluding carboxylic acids is 1. The molecule has 6 heteroatoms. The van der Waals surface area contributed by atoms with Gasteiger partial charge in [0.25, 0.3) is 5.69 Å². The van der Waals surface area contributed by atoms with Crippen molar-refractivity contribution in [2.45, 2.75) is 6.42 Å². The molecule has 2 aromatic rings. The van der Waals surface area contributed by atoms with Crippen molar-refractivity contribution in [2.75, 3.05) is 7.11 Å². The van der Waals surface area contributed by atoms with Crippen molar-refractivity contribution in [1.29, 1.82) is 0 Å². The number of hydrogen-bond acceptors (Lipinski definition) is 4. The number of ketones is 1. The maximum absolute atomic E-state index is 13.1. The van der Waals surface area contributed by atoms with Gasteiger partial charge in [-0.05, 0) is 29.8 Å². The van der Waals surface area contributed by atoms with Gasteiger partial charge in [0, 0.05) is 6.42 Å². The third-order valence-corrected chi connectivity index (χ3v) is 2.96. The molecule has 0 aromatic heterocycles. The van der Waals surface area contributed by atoms with Crippen molar-refractivity contribution >= 4 is 11.5 Å². The molecule has 0 amide bonds. The summed E-state index contributed by atoms with van der Waals surface area (Å²) in [5, 5.41) is 10.9. The van der Waals surface area contributed by atoms with Crippen molar-refractivity contribution in [3.05, 3.63) is 69.5 Å². The topological polar surface area (TPSA) is 69.4 Å². The number of rotatable bonds is 5. The number of hydrogen-bond donors (Lipinski definition) is 0. The van der Waals surface area contributed by atoms with Crippen LogP contribution in [-0.4, -0.2) is 17.8 Å². The van der Waals surface area contributed by atoms with Gasteiger partial charge in [0.05, 0.1) is 23.7 Å². The fraction of sp³-hybridized carbons (Fsp3) is 0.133. The Bertz CT molecular complexity index is 700. The van der Waals surface area contributed by atoms with Crippen molar-refractivity contribution in [3.8, 4) is 5.75 Å². The molecule has 0 aliphatic heterocycles. The molecule has 0 bridgehead atoms. The van der Waals surface area contributed by atoms with Crippen LogP contribution in [0.25, 0.3) is 0 Å². The summed E-state index contributed by atoms with van der Waals surface area (Å²) < 4.78 is 18.1. The van der Waals surface area contributed by atoms with Gasteiger partial charge < -0.3 is 4.74 Å². The molecule has 0 unspecified atom stereocenters. The lowest BCUT2D eigenvalue weighted by Crippen LogP contribution is -2.07. The SMILES string of the molecule is COc1cccc(CC(=O)c2ccc(F)cc2[N+](=O)[O-])c1. The average molecular weight is 289 g/mol. The van der Waals surface area contributed by atoms with Gasteiger partial charge in [-0.1, -0.05) is 12.1 Å². The summed E-state index contributed by atoms with van der Waals surface area (Å²) in [6.07, 6.45) is -0.0241. The summed E-state index contributed by atoms with van der Waals surface area (Å²) in [6.45, 7) is 0. The maximum Gasteiger partial charge on any atom is 0.283 e. The molecule has 0 aliphatic rings. The number of carbonyl (C=O) groups is 1. The minimum atomic E-state index is -0.762. The van der Waals surface area contributed by atoms with Crippen LogP contribution in [0, 0.1) is 15.9 Å². The number of nitrogens with zero attached hydrogens (tertiary/aromatic N) is 1. The van der Waals surface area contributed by atoms with Gasteiger partial charge in [0.2, 0.25) is 0 Å². The third-order valence-electron chi connectivity index (χ3n) is 2.96. The molecule has 5 nitrogen and oxygen atoms in total. The predicted octanol–water partition coefficient (Wildman–Crippen LogP) is 3.17. The van der Waals surface area contributed by atoms with Crippen LogP contribution in [0.1, 0.15) is 15.9 Å². The number of methoxy groups -OCH3 is 1. The smallest absolute Gasteiger partial charge is 0.283 e. The summed E-state index contributed by atoms with van der Waals surface area (Å²) in [5.41, 5.74) is 0.0325. The minimum absolute atomic E-state index is 0.0241. The van der Waals surface area contributed by atoms with Crippen molar-refractivity contribution in [3.63, 3.8) is 0 Å². The number of nitro benzene ring substituents is 1. The lowest BCUT2D eigenvalue weighted by atomic mass is 10.0. The first-order valence-electron chi connectivity index (χ1n) is 6.11. The molecule has 0 N–H and O–H groups in total. The molecule has 0 spiro atoms. The molecule has 0 radical (unpaired) electrons. The molecule has 0 fully saturated rings. The first kappa shape index (κ1) is 14.6. The maximum atomic E-state index is 13.1. The van der Waals surface area contributed by atoms with E-state index in [1.54, 1.807) is 24.3 Å². The summed E-state index contributed by atoms with van der Waals surface area (Å²) >= 11 is 0. The molecule has 2 rings (SSSR count). The van der Waals surface area contributed by atoms with Crippen LogP contribution in [0.2, 0.25) is 0 Å². The van der Waals surface area contributed by atoms with E-state index in [4.69, 9.17) is 4.74 Å².